The average molecular weight is 458 g/mol. The molecule has 0 unspecified atom stereocenters. The molecule has 0 aliphatic rings. The van der Waals surface area contributed by atoms with Gasteiger partial charge < -0.3 is 19.2 Å². The summed E-state index contributed by atoms with van der Waals surface area (Å²) in [5.41, 5.74) is 1.73. The van der Waals surface area contributed by atoms with Gasteiger partial charge in [0.2, 0.25) is 5.76 Å². The molecule has 0 spiro atoms. The van der Waals surface area contributed by atoms with Crippen molar-refractivity contribution in [2.24, 2.45) is 0 Å². The lowest BCUT2D eigenvalue weighted by Gasteiger charge is -2.07. The Bertz CT molecular complexity index is 1170. The molecule has 0 atom stereocenters. The zero-order valence-corrected chi connectivity index (χ0v) is 17.9. The predicted molar refractivity (Wildman–Crippen MR) is 115 cm³/mol. The highest BCUT2D eigenvalue weighted by atomic mass is 32.1. The average Bonchev–Trinajstić information content (AvgIpc) is 3.38. The fraction of sp³-hybridized carbons (Fsp3) is 0.190. The topological polar surface area (TPSA) is 138 Å². The van der Waals surface area contributed by atoms with Crippen LogP contribution in [-0.4, -0.2) is 36.0 Å². The molecule has 1 amide bonds. The van der Waals surface area contributed by atoms with E-state index < -0.39 is 41.0 Å². The monoisotopic (exact) mass is 458 g/mol. The second kappa shape index (κ2) is 9.88. The highest BCUT2D eigenvalue weighted by Crippen LogP contribution is 2.40. The number of benzene rings is 1. The number of anilines is 1. The third kappa shape index (κ3) is 5.01. The Kier molecular flexibility index (Phi) is 7.00. The van der Waals surface area contributed by atoms with Gasteiger partial charge in [-0.1, -0.05) is 30.3 Å². The number of hydrogen-bond acceptors (Lipinski definition) is 9. The third-order valence-corrected chi connectivity index (χ3v) is 5.48. The summed E-state index contributed by atoms with van der Waals surface area (Å²) in [7, 11) is 0. The van der Waals surface area contributed by atoms with Crippen molar-refractivity contribution in [2.75, 3.05) is 18.5 Å². The van der Waals surface area contributed by atoms with E-state index in [1.165, 1.54) is 11.3 Å². The summed E-state index contributed by atoms with van der Waals surface area (Å²) in [5.74, 6) is -3.35. The van der Waals surface area contributed by atoms with Crippen LogP contribution in [0.15, 0.2) is 46.9 Å². The molecule has 32 heavy (non-hydrogen) atoms. The molecule has 0 bridgehead atoms. The van der Waals surface area contributed by atoms with Crippen LogP contribution < -0.4 is 5.32 Å². The molecule has 166 valence electrons. The SMILES string of the molecule is CCOC(=O)c1c(NC(=O)COC(=O)c2ccc([N+](=O)[O-])o2)sc(-c2ccccc2)c1C. The van der Waals surface area contributed by atoms with Crippen molar-refractivity contribution in [3.05, 3.63) is 69.5 Å². The van der Waals surface area contributed by atoms with Gasteiger partial charge in [-0.05, 0) is 31.0 Å². The lowest BCUT2D eigenvalue weighted by atomic mass is 10.1. The molecular formula is C21H18N2O8S. The van der Waals surface area contributed by atoms with E-state index in [0.717, 1.165) is 22.6 Å². The van der Waals surface area contributed by atoms with Crippen LogP contribution in [0, 0.1) is 17.0 Å². The number of nitro groups is 1. The van der Waals surface area contributed by atoms with Gasteiger partial charge in [0, 0.05) is 4.88 Å². The van der Waals surface area contributed by atoms with Crippen LogP contribution >= 0.6 is 11.3 Å². The number of rotatable bonds is 8. The number of nitrogens with one attached hydrogen (secondary N) is 1. The second-order valence-electron chi connectivity index (χ2n) is 6.37. The van der Waals surface area contributed by atoms with Gasteiger partial charge in [0.25, 0.3) is 5.91 Å². The molecule has 0 saturated heterocycles. The van der Waals surface area contributed by atoms with Crippen molar-refractivity contribution in [2.45, 2.75) is 13.8 Å². The van der Waals surface area contributed by atoms with E-state index >= 15 is 0 Å². The van der Waals surface area contributed by atoms with Crippen LogP contribution in [0.4, 0.5) is 10.9 Å². The lowest BCUT2D eigenvalue weighted by Crippen LogP contribution is -2.21. The lowest BCUT2D eigenvalue weighted by molar-refractivity contribution is -0.402. The Morgan fingerprint density at radius 1 is 1.09 bits per heavy atom. The maximum Gasteiger partial charge on any atom is 0.433 e. The van der Waals surface area contributed by atoms with E-state index in [0.29, 0.717) is 5.56 Å². The van der Waals surface area contributed by atoms with E-state index in [2.05, 4.69) is 5.32 Å². The molecule has 0 fully saturated rings. The summed E-state index contributed by atoms with van der Waals surface area (Å²) >= 11 is 1.19. The number of amides is 1. The van der Waals surface area contributed by atoms with Gasteiger partial charge in [0.05, 0.1) is 18.2 Å². The Morgan fingerprint density at radius 3 is 2.44 bits per heavy atom. The number of furan rings is 1. The van der Waals surface area contributed by atoms with Gasteiger partial charge in [-0.15, -0.1) is 11.3 Å². The molecule has 1 N–H and O–H groups in total. The molecule has 11 heteroatoms. The molecule has 0 saturated carbocycles. The van der Waals surface area contributed by atoms with Gasteiger partial charge >= 0.3 is 17.8 Å². The Hall–Kier alpha value is -3.99. The number of carbonyl (C=O) groups excluding carboxylic acids is 3. The first-order valence-corrected chi connectivity index (χ1v) is 10.2. The fourth-order valence-corrected chi connectivity index (χ4v) is 4.03. The Labute approximate surface area is 185 Å². The summed E-state index contributed by atoms with van der Waals surface area (Å²) in [6, 6.07) is 11.4. The van der Waals surface area contributed by atoms with Gasteiger partial charge in [0.1, 0.15) is 9.92 Å². The van der Waals surface area contributed by atoms with Crippen molar-refractivity contribution in [1.29, 1.82) is 0 Å². The maximum absolute atomic E-state index is 12.5. The Morgan fingerprint density at radius 2 is 1.81 bits per heavy atom. The van der Waals surface area contributed by atoms with Crippen LogP contribution in [0.1, 0.15) is 33.4 Å². The molecule has 3 rings (SSSR count). The van der Waals surface area contributed by atoms with Crippen LogP contribution in [0.25, 0.3) is 10.4 Å². The van der Waals surface area contributed by atoms with Crippen LogP contribution in [0.5, 0.6) is 0 Å². The second-order valence-corrected chi connectivity index (χ2v) is 7.39. The number of nitrogens with zero attached hydrogens (tertiary/aromatic N) is 1. The van der Waals surface area contributed by atoms with Gasteiger partial charge in [-0.2, -0.15) is 0 Å². The van der Waals surface area contributed by atoms with E-state index in [1.807, 2.05) is 30.3 Å². The molecule has 1 aromatic carbocycles. The number of esters is 2. The number of hydrogen-bond donors (Lipinski definition) is 1. The number of ether oxygens (including phenoxy) is 2. The van der Waals surface area contributed by atoms with Gasteiger partial charge in [0.15, 0.2) is 6.61 Å². The zero-order chi connectivity index (χ0) is 23.3. The molecule has 2 aromatic heterocycles. The molecule has 10 nitrogen and oxygen atoms in total. The molecule has 2 heterocycles. The first-order valence-electron chi connectivity index (χ1n) is 9.39. The highest BCUT2D eigenvalue weighted by Gasteiger charge is 2.25. The smallest absolute Gasteiger partial charge is 0.433 e. The van der Waals surface area contributed by atoms with Crippen LogP contribution in [0.3, 0.4) is 0 Å². The first-order chi connectivity index (χ1) is 15.3. The normalized spacial score (nSPS) is 10.4. The quantitative estimate of drug-likeness (QED) is 0.301. The molecule has 0 aliphatic carbocycles. The molecule has 0 aliphatic heterocycles. The van der Waals surface area contributed by atoms with Crippen LogP contribution in [-0.2, 0) is 14.3 Å². The largest absolute Gasteiger partial charge is 0.462 e. The summed E-state index contributed by atoms with van der Waals surface area (Å²) in [6.07, 6.45) is 0. The first kappa shape index (κ1) is 22.7. The van der Waals surface area contributed by atoms with E-state index in [1.54, 1.807) is 13.8 Å². The third-order valence-electron chi connectivity index (χ3n) is 4.22. The zero-order valence-electron chi connectivity index (χ0n) is 17.1. The number of carbonyl (C=O) groups is 3. The minimum Gasteiger partial charge on any atom is -0.462 e. The van der Waals surface area contributed by atoms with Crippen molar-refractivity contribution in [3.63, 3.8) is 0 Å². The molecular weight excluding hydrogens is 440 g/mol. The van der Waals surface area contributed by atoms with Crippen molar-refractivity contribution >= 4 is 40.1 Å². The van der Waals surface area contributed by atoms with Gasteiger partial charge in [-0.3, -0.25) is 14.9 Å². The number of thiophene rings is 1. The minimum atomic E-state index is -1.04. The van der Waals surface area contributed by atoms with Gasteiger partial charge in [-0.25, -0.2) is 9.59 Å². The minimum absolute atomic E-state index is 0.162. The van der Waals surface area contributed by atoms with E-state index in [4.69, 9.17) is 13.9 Å². The van der Waals surface area contributed by atoms with Crippen LogP contribution in [0.2, 0.25) is 0 Å². The summed E-state index contributed by atoms with van der Waals surface area (Å²) in [5, 5.41) is 13.5. The van der Waals surface area contributed by atoms with Crippen molar-refractivity contribution in [1.82, 2.24) is 0 Å². The van der Waals surface area contributed by atoms with E-state index in [9.17, 15) is 24.5 Å². The molecule has 0 radical (unpaired) electrons. The Balaban J connectivity index is 1.76. The van der Waals surface area contributed by atoms with E-state index in [-0.39, 0.29) is 17.2 Å². The summed E-state index contributed by atoms with van der Waals surface area (Å²) in [4.78, 5) is 47.4. The standard InChI is InChI=1S/C21H18N2O8S/c1-3-29-21(26)17-12(2)18(13-7-5-4-6-8-13)32-19(17)22-15(24)11-30-20(25)14-9-10-16(31-14)23(27)28/h4-10H,3,11H2,1-2H3,(H,22,24). The molecule has 3 aromatic rings. The summed E-state index contributed by atoms with van der Waals surface area (Å²) in [6.45, 7) is 2.90. The van der Waals surface area contributed by atoms with Crippen molar-refractivity contribution < 1.29 is 33.2 Å². The fourth-order valence-electron chi connectivity index (χ4n) is 2.82. The van der Waals surface area contributed by atoms with Crippen molar-refractivity contribution in [3.8, 4) is 10.4 Å². The summed E-state index contributed by atoms with van der Waals surface area (Å²) < 4.78 is 14.7. The highest BCUT2D eigenvalue weighted by molar-refractivity contribution is 7.20. The maximum atomic E-state index is 12.5. The predicted octanol–water partition coefficient (Wildman–Crippen LogP) is 4.20.